The fourth-order valence-corrected chi connectivity index (χ4v) is 6.17. The number of rotatable bonds is 9. The van der Waals surface area contributed by atoms with Gasteiger partial charge in [0.2, 0.25) is 11.8 Å². The van der Waals surface area contributed by atoms with Crippen molar-refractivity contribution in [3.05, 3.63) is 114 Å². The Morgan fingerprint density at radius 2 is 1.74 bits per heavy atom. The van der Waals surface area contributed by atoms with Gasteiger partial charge in [-0.3, -0.25) is 19.3 Å². The summed E-state index contributed by atoms with van der Waals surface area (Å²) in [5.41, 5.74) is 3.86. The Balaban J connectivity index is 1.32. The molecule has 2 aliphatic heterocycles. The Kier molecular flexibility index (Phi) is 7.93. The molecule has 0 unspecified atom stereocenters. The Bertz CT molecular complexity index is 1640. The molecule has 0 spiro atoms. The van der Waals surface area contributed by atoms with Crippen LogP contribution in [0.2, 0.25) is 0 Å². The molecule has 3 heterocycles. The number of aryl methyl sites for hydroxylation is 1. The van der Waals surface area contributed by atoms with Gasteiger partial charge in [0.25, 0.3) is 0 Å². The first-order valence-electron chi connectivity index (χ1n) is 14.4. The highest BCUT2D eigenvalue weighted by molar-refractivity contribution is 5.92. The number of hydrazine groups is 1. The van der Waals surface area contributed by atoms with Gasteiger partial charge in [0, 0.05) is 31.9 Å². The normalized spacial score (nSPS) is 18.6. The lowest BCUT2D eigenvalue weighted by Gasteiger charge is -2.46. The molecule has 1 N–H and O–H groups in total. The molecule has 2 fully saturated rings. The zero-order valence-electron chi connectivity index (χ0n) is 24.2. The van der Waals surface area contributed by atoms with E-state index >= 15 is 0 Å². The lowest BCUT2D eigenvalue weighted by molar-refractivity contribution is -0.157. The van der Waals surface area contributed by atoms with Crippen molar-refractivity contribution in [3.63, 3.8) is 0 Å². The van der Waals surface area contributed by atoms with Gasteiger partial charge >= 0.3 is 6.03 Å². The van der Waals surface area contributed by atoms with Crippen LogP contribution in [0.1, 0.15) is 16.7 Å². The maximum Gasteiger partial charge on any atom is 0.332 e. The van der Waals surface area contributed by atoms with E-state index in [0.29, 0.717) is 19.5 Å². The number of hydrogen-bond acceptors (Lipinski definition) is 5. The van der Waals surface area contributed by atoms with Gasteiger partial charge in [0.15, 0.2) is 0 Å². The molecule has 3 aromatic carbocycles. The summed E-state index contributed by atoms with van der Waals surface area (Å²) in [6, 6.07) is 24.3. The van der Waals surface area contributed by atoms with Gasteiger partial charge in [-0.05, 0) is 16.7 Å². The third kappa shape index (κ3) is 5.61. The minimum absolute atomic E-state index is 0.0129. The van der Waals surface area contributed by atoms with E-state index in [1.165, 1.54) is 5.01 Å². The van der Waals surface area contributed by atoms with Crippen molar-refractivity contribution in [3.8, 4) is 0 Å². The predicted molar refractivity (Wildman–Crippen MR) is 163 cm³/mol. The number of piperazine rings is 1. The summed E-state index contributed by atoms with van der Waals surface area (Å²) in [7, 11) is 1.89. The van der Waals surface area contributed by atoms with Gasteiger partial charge in [-0.15, -0.1) is 6.58 Å². The molecule has 4 aromatic rings. The summed E-state index contributed by atoms with van der Waals surface area (Å²) in [5, 5.41) is 11.7. The summed E-state index contributed by atoms with van der Waals surface area (Å²) in [6.45, 7) is 5.02. The molecule has 0 radical (unpaired) electrons. The van der Waals surface area contributed by atoms with Gasteiger partial charge in [-0.2, -0.15) is 10.1 Å². The monoisotopic (exact) mass is 577 g/mol. The largest absolute Gasteiger partial charge is 0.333 e. The van der Waals surface area contributed by atoms with Crippen molar-refractivity contribution in [2.75, 3.05) is 19.6 Å². The maximum atomic E-state index is 14.2. The van der Waals surface area contributed by atoms with Crippen LogP contribution in [-0.4, -0.2) is 79.3 Å². The van der Waals surface area contributed by atoms with E-state index < -0.39 is 12.2 Å². The standard InChI is InChI=1S/C33H35N7O3/c1-3-17-38(33(43)34-19-25-13-8-5-9-14-25)39-23-30(41)40-28(18-24-11-6-4-7-12-24)32(42)37(22-29(39)40)21-27-16-10-15-26-20-35-36(2)31(26)27/h3-16,20,28-29H,1,17-19,21-23H2,2H3,(H,34,43)/t28-,29+/m0/s1. The number of para-hydroxylation sites is 1. The highest BCUT2D eigenvalue weighted by Crippen LogP contribution is 2.31. The van der Waals surface area contributed by atoms with Gasteiger partial charge in [0.05, 0.1) is 31.3 Å². The van der Waals surface area contributed by atoms with Crippen molar-refractivity contribution < 1.29 is 14.4 Å². The highest BCUT2D eigenvalue weighted by atomic mass is 16.2. The molecule has 2 aliphatic rings. The topological polar surface area (TPSA) is 94.0 Å². The van der Waals surface area contributed by atoms with Crippen LogP contribution in [0.25, 0.3) is 10.9 Å². The first kappa shape index (κ1) is 28.2. The Labute approximate surface area is 250 Å². The summed E-state index contributed by atoms with van der Waals surface area (Å²) in [5.74, 6) is -0.295. The molecule has 0 bridgehead atoms. The van der Waals surface area contributed by atoms with Crippen molar-refractivity contribution in [2.45, 2.75) is 31.7 Å². The zero-order valence-corrected chi connectivity index (χ0v) is 24.2. The molecule has 4 amide bonds. The molecule has 10 heteroatoms. The molecule has 6 rings (SSSR count). The van der Waals surface area contributed by atoms with Crippen molar-refractivity contribution in [2.24, 2.45) is 7.05 Å². The predicted octanol–water partition coefficient (Wildman–Crippen LogP) is 3.31. The number of carbonyl (C=O) groups excluding carboxylic acids is 3. The Morgan fingerprint density at radius 3 is 2.47 bits per heavy atom. The van der Waals surface area contributed by atoms with Gasteiger partial charge in [0.1, 0.15) is 12.2 Å². The minimum atomic E-state index is -0.706. The molecule has 43 heavy (non-hydrogen) atoms. The second-order valence-corrected chi connectivity index (χ2v) is 10.9. The first-order valence-corrected chi connectivity index (χ1v) is 14.4. The number of urea groups is 1. The third-order valence-corrected chi connectivity index (χ3v) is 8.18. The van der Waals surface area contributed by atoms with Crippen LogP contribution in [0, 0.1) is 0 Å². The van der Waals surface area contributed by atoms with Gasteiger partial charge in [-0.1, -0.05) is 84.9 Å². The Morgan fingerprint density at radius 1 is 1.02 bits per heavy atom. The SMILES string of the molecule is C=CCN(C(=O)NCc1ccccc1)N1CC(=O)N2[C@@H](Cc3ccccc3)C(=O)N(Cc3cccc4cnn(C)c34)C[C@@H]21. The number of aromatic nitrogens is 2. The van der Waals surface area contributed by atoms with Crippen molar-refractivity contribution in [1.82, 2.24) is 34.9 Å². The number of amides is 4. The average molecular weight is 578 g/mol. The van der Waals surface area contributed by atoms with Crippen LogP contribution in [0.5, 0.6) is 0 Å². The molecule has 2 saturated heterocycles. The fourth-order valence-electron chi connectivity index (χ4n) is 6.17. The molecular weight excluding hydrogens is 542 g/mol. The minimum Gasteiger partial charge on any atom is -0.333 e. The van der Waals surface area contributed by atoms with Crippen LogP contribution < -0.4 is 5.32 Å². The number of fused-ring (bicyclic) bond motifs is 2. The van der Waals surface area contributed by atoms with E-state index in [4.69, 9.17) is 0 Å². The number of carbonyl (C=O) groups is 3. The van der Waals surface area contributed by atoms with E-state index in [0.717, 1.165) is 27.6 Å². The van der Waals surface area contributed by atoms with Gasteiger partial charge in [-0.25, -0.2) is 4.79 Å². The highest BCUT2D eigenvalue weighted by Gasteiger charge is 2.52. The van der Waals surface area contributed by atoms with E-state index in [1.54, 1.807) is 16.0 Å². The summed E-state index contributed by atoms with van der Waals surface area (Å²) in [6.07, 6.45) is 3.32. The first-order chi connectivity index (χ1) is 20.9. The molecule has 0 aliphatic carbocycles. The summed E-state index contributed by atoms with van der Waals surface area (Å²) >= 11 is 0. The van der Waals surface area contributed by atoms with E-state index in [-0.39, 0.29) is 37.5 Å². The number of nitrogens with one attached hydrogen (secondary N) is 1. The third-order valence-electron chi connectivity index (χ3n) is 8.18. The van der Waals surface area contributed by atoms with Crippen LogP contribution in [0.15, 0.2) is 97.7 Å². The molecule has 2 atom stereocenters. The van der Waals surface area contributed by atoms with Crippen LogP contribution in [0.4, 0.5) is 4.79 Å². The Hall–Kier alpha value is -4.96. The summed E-state index contributed by atoms with van der Waals surface area (Å²) < 4.78 is 1.82. The number of nitrogens with zero attached hydrogens (tertiary/aromatic N) is 6. The smallest absolute Gasteiger partial charge is 0.332 e. The number of hydrogen-bond donors (Lipinski definition) is 1. The fraction of sp³-hybridized carbons (Fsp3) is 0.273. The molecular formula is C33H35N7O3. The second-order valence-electron chi connectivity index (χ2n) is 10.9. The molecule has 10 nitrogen and oxygen atoms in total. The molecule has 0 saturated carbocycles. The van der Waals surface area contributed by atoms with Crippen LogP contribution >= 0.6 is 0 Å². The average Bonchev–Trinajstić information content (AvgIpc) is 3.57. The molecule has 220 valence electrons. The lowest BCUT2D eigenvalue weighted by atomic mass is 10.00. The van der Waals surface area contributed by atoms with Crippen LogP contribution in [-0.2, 0) is 36.1 Å². The summed E-state index contributed by atoms with van der Waals surface area (Å²) in [4.78, 5) is 44.8. The van der Waals surface area contributed by atoms with Crippen molar-refractivity contribution >= 4 is 28.7 Å². The number of benzene rings is 3. The van der Waals surface area contributed by atoms with E-state index in [1.807, 2.05) is 102 Å². The second kappa shape index (κ2) is 12.1. The molecule has 1 aromatic heterocycles. The maximum absolute atomic E-state index is 14.2. The van der Waals surface area contributed by atoms with Gasteiger partial charge < -0.3 is 15.1 Å². The van der Waals surface area contributed by atoms with E-state index in [9.17, 15) is 14.4 Å². The van der Waals surface area contributed by atoms with Crippen molar-refractivity contribution in [1.29, 1.82) is 0 Å². The zero-order chi connectivity index (χ0) is 29.9. The lowest BCUT2D eigenvalue weighted by Crippen LogP contribution is -2.66. The van der Waals surface area contributed by atoms with E-state index in [2.05, 4.69) is 17.0 Å². The van der Waals surface area contributed by atoms with Crippen LogP contribution in [0.3, 0.4) is 0 Å². The quantitative estimate of drug-likeness (QED) is 0.308.